The maximum Gasteiger partial charge on any atom is 0.128 e. The third-order valence-corrected chi connectivity index (χ3v) is 3.23. The van der Waals surface area contributed by atoms with Crippen molar-refractivity contribution in [3.8, 4) is 5.75 Å². The number of methoxy groups -OCH3 is 1. The molecule has 2 rings (SSSR count). The van der Waals surface area contributed by atoms with Crippen LogP contribution in [0.3, 0.4) is 0 Å². The fraction of sp³-hybridized carbons (Fsp3) is 0.250. The van der Waals surface area contributed by atoms with E-state index in [0.717, 1.165) is 23.4 Å². The molecule has 0 amide bonds. The number of hydrogen-bond acceptors (Lipinski definition) is 3. The number of nitrogen functional groups attached to an aromatic ring is 1. The standard InChI is InChI=1S/C16H19FN2O/c1-11-9-15(14(18)10-13(11)17)19-8-7-12-5-3-4-6-16(12)20-2/h3-6,9-10,19H,7-8,18H2,1-2H3. The summed E-state index contributed by atoms with van der Waals surface area (Å²) in [6.45, 7) is 2.43. The average Bonchev–Trinajstić information content (AvgIpc) is 2.45. The highest BCUT2D eigenvalue weighted by Crippen LogP contribution is 2.23. The summed E-state index contributed by atoms with van der Waals surface area (Å²) in [5.74, 6) is 0.593. The lowest BCUT2D eigenvalue weighted by Crippen LogP contribution is -2.08. The molecule has 0 saturated heterocycles. The van der Waals surface area contributed by atoms with Crippen molar-refractivity contribution in [2.24, 2.45) is 0 Å². The van der Waals surface area contributed by atoms with Gasteiger partial charge in [0.15, 0.2) is 0 Å². The number of anilines is 2. The van der Waals surface area contributed by atoms with Crippen molar-refractivity contribution in [2.75, 3.05) is 24.7 Å². The van der Waals surface area contributed by atoms with Gasteiger partial charge in [0.05, 0.1) is 18.5 Å². The summed E-state index contributed by atoms with van der Waals surface area (Å²) in [4.78, 5) is 0. The fourth-order valence-corrected chi connectivity index (χ4v) is 2.09. The Morgan fingerprint density at radius 3 is 2.75 bits per heavy atom. The molecule has 0 saturated carbocycles. The van der Waals surface area contributed by atoms with Gasteiger partial charge < -0.3 is 15.8 Å². The lowest BCUT2D eigenvalue weighted by molar-refractivity contribution is 0.410. The molecule has 0 aliphatic heterocycles. The number of benzene rings is 2. The second kappa shape index (κ2) is 6.28. The van der Waals surface area contributed by atoms with E-state index >= 15 is 0 Å². The summed E-state index contributed by atoms with van der Waals surface area (Å²) < 4.78 is 18.6. The van der Waals surface area contributed by atoms with Gasteiger partial charge in [-0.05, 0) is 42.7 Å². The molecule has 2 aromatic rings. The summed E-state index contributed by atoms with van der Waals surface area (Å²) in [6, 6.07) is 11.0. The Morgan fingerprint density at radius 1 is 1.25 bits per heavy atom. The van der Waals surface area contributed by atoms with Crippen molar-refractivity contribution in [3.63, 3.8) is 0 Å². The molecule has 0 aromatic heterocycles. The molecular formula is C16H19FN2O. The van der Waals surface area contributed by atoms with Crippen LogP contribution in [-0.4, -0.2) is 13.7 Å². The second-order valence-corrected chi connectivity index (χ2v) is 4.68. The van der Waals surface area contributed by atoms with Crippen LogP contribution in [0.2, 0.25) is 0 Å². The molecule has 4 heteroatoms. The zero-order valence-electron chi connectivity index (χ0n) is 11.7. The Morgan fingerprint density at radius 2 is 2.00 bits per heavy atom. The molecule has 0 radical (unpaired) electrons. The van der Waals surface area contributed by atoms with Gasteiger partial charge in [0.2, 0.25) is 0 Å². The minimum atomic E-state index is -0.280. The number of halogens is 1. The van der Waals surface area contributed by atoms with E-state index in [0.29, 0.717) is 17.8 Å². The van der Waals surface area contributed by atoms with Crippen LogP contribution in [0.5, 0.6) is 5.75 Å². The molecule has 0 aliphatic rings. The quantitative estimate of drug-likeness (QED) is 0.822. The lowest BCUT2D eigenvalue weighted by atomic mass is 10.1. The van der Waals surface area contributed by atoms with Crippen LogP contribution in [0.25, 0.3) is 0 Å². The highest BCUT2D eigenvalue weighted by molar-refractivity contribution is 5.67. The van der Waals surface area contributed by atoms with E-state index in [4.69, 9.17) is 10.5 Å². The normalized spacial score (nSPS) is 10.3. The third-order valence-electron chi connectivity index (χ3n) is 3.23. The number of hydrogen-bond donors (Lipinski definition) is 2. The minimum absolute atomic E-state index is 0.280. The molecule has 0 atom stereocenters. The van der Waals surface area contributed by atoms with Crippen LogP contribution in [0, 0.1) is 12.7 Å². The van der Waals surface area contributed by atoms with Crippen LogP contribution >= 0.6 is 0 Å². The summed E-state index contributed by atoms with van der Waals surface area (Å²) in [5, 5.41) is 3.23. The second-order valence-electron chi connectivity index (χ2n) is 4.68. The first kappa shape index (κ1) is 14.2. The molecule has 3 N–H and O–H groups in total. The zero-order valence-corrected chi connectivity index (χ0v) is 11.7. The van der Waals surface area contributed by atoms with E-state index in [1.165, 1.54) is 6.07 Å². The molecule has 0 heterocycles. The number of aryl methyl sites for hydroxylation is 1. The molecule has 0 unspecified atom stereocenters. The number of ether oxygens (including phenoxy) is 1. The number of para-hydroxylation sites is 1. The maximum atomic E-state index is 13.3. The maximum absolute atomic E-state index is 13.3. The van der Waals surface area contributed by atoms with Crippen molar-refractivity contribution < 1.29 is 9.13 Å². The van der Waals surface area contributed by atoms with Crippen molar-refractivity contribution in [2.45, 2.75) is 13.3 Å². The monoisotopic (exact) mass is 274 g/mol. The van der Waals surface area contributed by atoms with Gasteiger partial charge in [-0.25, -0.2) is 4.39 Å². The zero-order chi connectivity index (χ0) is 14.5. The lowest BCUT2D eigenvalue weighted by Gasteiger charge is -2.12. The van der Waals surface area contributed by atoms with E-state index < -0.39 is 0 Å². The summed E-state index contributed by atoms with van der Waals surface area (Å²) in [5.41, 5.74) is 8.69. The van der Waals surface area contributed by atoms with E-state index in [9.17, 15) is 4.39 Å². The molecule has 3 nitrogen and oxygen atoms in total. The van der Waals surface area contributed by atoms with Gasteiger partial charge in [0.1, 0.15) is 11.6 Å². The van der Waals surface area contributed by atoms with Crippen LogP contribution in [0.1, 0.15) is 11.1 Å². The van der Waals surface area contributed by atoms with Gasteiger partial charge in [0.25, 0.3) is 0 Å². The molecule has 0 aliphatic carbocycles. The minimum Gasteiger partial charge on any atom is -0.496 e. The number of nitrogens with two attached hydrogens (primary N) is 1. The van der Waals surface area contributed by atoms with Crippen molar-refractivity contribution in [1.29, 1.82) is 0 Å². The van der Waals surface area contributed by atoms with Gasteiger partial charge in [-0.1, -0.05) is 18.2 Å². The largest absolute Gasteiger partial charge is 0.496 e. The molecule has 2 aromatic carbocycles. The van der Waals surface area contributed by atoms with Gasteiger partial charge in [-0.15, -0.1) is 0 Å². The Bertz CT molecular complexity index is 599. The van der Waals surface area contributed by atoms with Crippen LogP contribution in [0.4, 0.5) is 15.8 Å². The Hall–Kier alpha value is -2.23. The summed E-state index contributed by atoms with van der Waals surface area (Å²) in [6.07, 6.45) is 0.805. The molecule has 0 fully saturated rings. The predicted octanol–water partition coefficient (Wildman–Crippen LogP) is 3.38. The fourth-order valence-electron chi connectivity index (χ4n) is 2.09. The van der Waals surface area contributed by atoms with Crippen LogP contribution in [-0.2, 0) is 6.42 Å². The number of nitrogens with one attached hydrogen (secondary N) is 1. The molecule has 0 spiro atoms. The SMILES string of the molecule is COc1ccccc1CCNc1cc(C)c(F)cc1N. The van der Waals surface area contributed by atoms with Crippen molar-refractivity contribution in [1.82, 2.24) is 0 Å². The van der Waals surface area contributed by atoms with Gasteiger partial charge >= 0.3 is 0 Å². The topological polar surface area (TPSA) is 47.3 Å². The first-order valence-corrected chi connectivity index (χ1v) is 6.53. The van der Waals surface area contributed by atoms with Crippen LogP contribution in [0.15, 0.2) is 36.4 Å². The Balaban J connectivity index is 2.01. The highest BCUT2D eigenvalue weighted by Gasteiger charge is 2.05. The van der Waals surface area contributed by atoms with E-state index in [1.807, 2.05) is 24.3 Å². The van der Waals surface area contributed by atoms with E-state index in [2.05, 4.69) is 5.32 Å². The molecule has 20 heavy (non-hydrogen) atoms. The summed E-state index contributed by atoms with van der Waals surface area (Å²) in [7, 11) is 1.66. The smallest absolute Gasteiger partial charge is 0.128 e. The van der Waals surface area contributed by atoms with Crippen molar-refractivity contribution >= 4 is 11.4 Å². The Kier molecular flexibility index (Phi) is 4.45. The average molecular weight is 274 g/mol. The molecule has 106 valence electrons. The first-order valence-electron chi connectivity index (χ1n) is 6.53. The highest BCUT2D eigenvalue weighted by atomic mass is 19.1. The van der Waals surface area contributed by atoms with Gasteiger partial charge in [-0.2, -0.15) is 0 Å². The molecular weight excluding hydrogens is 255 g/mol. The van der Waals surface area contributed by atoms with Crippen LogP contribution < -0.4 is 15.8 Å². The van der Waals surface area contributed by atoms with Gasteiger partial charge in [0, 0.05) is 6.54 Å². The van der Waals surface area contributed by atoms with E-state index in [1.54, 1.807) is 20.1 Å². The van der Waals surface area contributed by atoms with Crippen molar-refractivity contribution in [3.05, 3.63) is 53.3 Å². The van der Waals surface area contributed by atoms with E-state index in [-0.39, 0.29) is 5.82 Å². The molecule has 0 bridgehead atoms. The predicted molar refractivity (Wildman–Crippen MR) is 80.7 cm³/mol. The first-order chi connectivity index (χ1) is 9.61. The Labute approximate surface area is 118 Å². The summed E-state index contributed by atoms with van der Waals surface area (Å²) >= 11 is 0. The number of rotatable bonds is 5. The van der Waals surface area contributed by atoms with Gasteiger partial charge in [-0.3, -0.25) is 0 Å². The third kappa shape index (κ3) is 3.20.